The van der Waals surface area contributed by atoms with Crippen molar-refractivity contribution < 1.29 is 9.53 Å². The molecule has 2 rings (SSSR count). The predicted molar refractivity (Wildman–Crippen MR) is 86.9 cm³/mol. The summed E-state index contributed by atoms with van der Waals surface area (Å²) in [5.74, 6) is 0.975. The Morgan fingerprint density at radius 2 is 2.05 bits per heavy atom. The first-order chi connectivity index (χ1) is 9.78. The second-order valence-corrected chi connectivity index (χ2v) is 6.05. The van der Waals surface area contributed by atoms with Crippen LogP contribution in [-0.2, 0) is 9.53 Å². The van der Waals surface area contributed by atoms with Gasteiger partial charge in [-0.05, 0) is 64.7 Å². The van der Waals surface area contributed by atoms with Gasteiger partial charge in [0, 0.05) is 13.2 Å². The van der Waals surface area contributed by atoms with Gasteiger partial charge in [-0.3, -0.25) is 9.69 Å². The number of nitrogens with zero attached hydrogens (tertiary/aromatic N) is 1. The second-order valence-electron chi connectivity index (χ2n) is 6.05. The van der Waals surface area contributed by atoms with Gasteiger partial charge in [0.15, 0.2) is 0 Å². The molecule has 2 heterocycles. The number of hydrogen-bond donors (Lipinski definition) is 2. The lowest BCUT2D eigenvalue weighted by Gasteiger charge is -2.31. The van der Waals surface area contributed by atoms with Crippen molar-refractivity contribution in [1.29, 1.82) is 0 Å². The minimum absolute atomic E-state index is 0. The Morgan fingerprint density at radius 1 is 1.29 bits per heavy atom. The molecule has 0 aromatic carbocycles. The molecule has 5 nitrogen and oxygen atoms in total. The summed E-state index contributed by atoms with van der Waals surface area (Å²) >= 11 is 0. The molecular weight excluding hydrogens is 290 g/mol. The van der Waals surface area contributed by atoms with Gasteiger partial charge in [-0.2, -0.15) is 0 Å². The lowest BCUT2D eigenvalue weighted by Crippen LogP contribution is -2.43. The third-order valence-electron chi connectivity index (χ3n) is 4.43. The zero-order chi connectivity index (χ0) is 14.2. The molecule has 0 aliphatic carbocycles. The summed E-state index contributed by atoms with van der Waals surface area (Å²) in [5, 5.41) is 6.21. The van der Waals surface area contributed by atoms with E-state index in [9.17, 15) is 4.79 Å². The quantitative estimate of drug-likeness (QED) is 0.736. The number of hydrogen-bond acceptors (Lipinski definition) is 4. The predicted octanol–water partition coefficient (Wildman–Crippen LogP) is 1.02. The van der Waals surface area contributed by atoms with Crippen molar-refractivity contribution in [2.24, 2.45) is 5.92 Å². The van der Waals surface area contributed by atoms with E-state index in [0.29, 0.717) is 13.1 Å². The SMILES string of the molecule is CNCCC1CCN(CC(=O)NCC2CCCO2)CC1.Cl. The van der Waals surface area contributed by atoms with Crippen LogP contribution in [0, 0.1) is 5.92 Å². The highest BCUT2D eigenvalue weighted by atomic mass is 35.5. The highest BCUT2D eigenvalue weighted by Gasteiger charge is 2.21. The molecule has 2 aliphatic heterocycles. The molecule has 6 heteroatoms. The normalized spacial score (nSPS) is 23.8. The summed E-state index contributed by atoms with van der Waals surface area (Å²) in [7, 11) is 2.01. The van der Waals surface area contributed by atoms with Gasteiger partial charge in [0.1, 0.15) is 0 Å². The van der Waals surface area contributed by atoms with E-state index in [0.717, 1.165) is 45.0 Å². The zero-order valence-electron chi connectivity index (χ0n) is 13.1. The number of halogens is 1. The molecule has 0 saturated carbocycles. The van der Waals surface area contributed by atoms with Gasteiger partial charge in [-0.25, -0.2) is 0 Å². The zero-order valence-corrected chi connectivity index (χ0v) is 13.9. The number of piperidine rings is 1. The van der Waals surface area contributed by atoms with Gasteiger partial charge in [0.05, 0.1) is 12.6 Å². The van der Waals surface area contributed by atoms with Crippen LogP contribution in [0.15, 0.2) is 0 Å². The monoisotopic (exact) mass is 319 g/mol. The topological polar surface area (TPSA) is 53.6 Å². The van der Waals surface area contributed by atoms with Gasteiger partial charge in [-0.15, -0.1) is 12.4 Å². The van der Waals surface area contributed by atoms with Crippen LogP contribution < -0.4 is 10.6 Å². The van der Waals surface area contributed by atoms with Gasteiger partial charge in [0.2, 0.25) is 5.91 Å². The first-order valence-corrected chi connectivity index (χ1v) is 8.03. The molecule has 2 saturated heterocycles. The van der Waals surface area contributed by atoms with Gasteiger partial charge in [0.25, 0.3) is 0 Å². The summed E-state index contributed by atoms with van der Waals surface area (Å²) in [6.45, 7) is 5.29. The maximum Gasteiger partial charge on any atom is 0.234 e. The molecule has 0 aromatic heterocycles. The summed E-state index contributed by atoms with van der Waals surface area (Å²) in [6.07, 6.45) is 6.15. The molecule has 124 valence electrons. The van der Waals surface area contributed by atoms with E-state index < -0.39 is 0 Å². The van der Waals surface area contributed by atoms with Gasteiger partial charge in [-0.1, -0.05) is 0 Å². The van der Waals surface area contributed by atoms with E-state index in [1.807, 2.05) is 7.05 Å². The molecule has 21 heavy (non-hydrogen) atoms. The van der Waals surface area contributed by atoms with Crippen LogP contribution in [0.2, 0.25) is 0 Å². The Bertz CT molecular complexity index is 291. The fourth-order valence-corrected chi connectivity index (χ4v) is 3.07. The van der Waals surface area contributed by atoms with Gasteiger partial charge >= 0.3 is 0 Å². The summed E-state index contributed by atoms with van der Waals surface area (Å²) < 4.78 is 5.51. The molecule has 0 spiro atoms. The molecular formula is C15H30ClN3O2. The number of rotatable bonds is 7. The number of likely N-dealkylation sites (tertiary alicyclic amines) is 1. The van der Waals surface area contributed by atoms with Crippen LogP contribution in [0.25, 0.3) is 0 Å². The maximum atomic E-state index is 11.9. The number of carbonyl (C=O) groups is 1. The number of ether oxygens (including phenoxy) is 1. The van der Waals surface area contributed by atoms with Crippen molar-refractivity contribution in [2.75, 3.05) is 46.4 Å². The van der Waals surface area contributed by atoms with Crippen molar-refractivity contribution in [2.45, 2.75) is 38.2 Å². The second kappa shape index (κ2) is 10.4. The number of amides is 1. The van der Waals surface area contributed by atoms with Crippen molar-refractivity contribution in [3.05, 3.63) is 0 Å². The van der Waals surface area contributed by atoms with E-state index in [1.165, 1.54) is 19.3 Å². The fourth-order valence-electron chi connectivity index (χ4n) is 3.07. The van der Waals surface area contributed by atoms with Crippen molar-refractivity contribution in [1.82, 2.24) is 15.5 Å². The van der Waals surface area contributed by atoms with Gasteiger partial charge < -0.3 is 15.4 Å². The minimum Gasteiger partial charge on any atom is -0.376 e. The molecule has 0 aromatic rings. The van der Waals surface area contributed by atoms with Crippen LogP contribution in [0.4, 0.5) is 0 Å². The van der Waals surface area contributed by atoms with E-state index >= 15 is 0 Å². The molecule has 2 fully saturated rings. The highest BCUT2D eigenvalue weighted by molar-refractivity contribution is 5.85. The number of nitrogens with one attached hydrogen (secondary N) is 2. The first-order valence-electron chi connectivity index (χ1n) is 8.03. The largest absolute Gasteiger partial charge is 0.376 e. The molecule has 1 atom stereocenters. The third kappa shape index (κ3) is 6.96. The minimum atomic E-state index is 0. The first kappa shape index (κ1) is 18.7. The lowest BCUT2D eigenvalue weighted by atomic mass is 9.93. The highest BCUT2D eigenvalue weighted by Crippen LogP contribution is 2.19. The van der Waals surface area contributed by atoms with E-state index in [-0.39, 0.29) is 24.4 Å². The van der Waals surface area contributed by atoms with Crippen LogP contribution in [0.3, 0.4) is 0 Å². The fraction of sp³-hybridized carbons (Fsp3) is 0.933. The lowest BCUT2D eigenvalue weighted by molar-refractivity contribution is -0.123. The van der Waals surface area contributed by atoms with E-state index in [1.54, 1.807) is 0 Å². The Hall–Kier alpha value is -0.360. The van der Waals surface area contributed by atoms with Crippen LogP contribution in [-0.4, -0.2) is 63.3 Å². The van der Waals surface area contributed by atoms with Crippen molar-refractivity contribution in [3.8, 4) is 0 Å². The summed E-state index contributed by atoms with van der Waals surface area (Å²) in [5.41, 5.74) is 0. The summed E-state index contributed by atoms with van der Waals surface area (Å²) in [6, 6.07) is 0. The molecule has 0 bridgehead atoms. The third-order valence-corrected chi connectivity index (χ3v) is 4.43. The Labute approximate surface area is 134 Å². The standard InChI is InChI=1S/C15H29N3O2.ClH/c1-16-7-4-13-5-8-18(9-6-13)12-15(19)17-11-14-3-2-10-20-14;/h13-14,16H,2-12H2,1H3,(H,17,19);1H. The summed E-state index contributed by atoms with van der Waals surface area (Å²) in [4.78, 5) is 14.2. The Kier molecular flexibility index (Phi) is 9.24. The Balaban J connectivity index is 0.00000220. The van der Waals surface area contributed by atoms with E-state index in [2.05, 4.69) is 15.5 Å². The molecule has 0 radical (unpaired) electrons. The Morgan fingerprint density at radius 3 is 2.67 bits per heavy atom. The van der Waals surface area contributed by atoms with Crippen LogP contribution in [0.5, 0.6) is 0 Å². The molecule has 1 unspecified atom stereocenters. The average Bonchev–Trinajstić information content (AvgIpc) is 2.98. The number of carbonyl (C=O) groups excluding carboxylic acids is 1. The van der Waals surface area contributed by atoms with Crippen LogP contribution in [0.1, 0.15) is 32.1 Å². The van der Waals surface area contributed by atoms with E-state index in [4.69, 9.17) is 4.74 Å². The molecule has 1 amide bonds. The average molecular weight is 320 g/mol. The molecule has 2 aliphatic rings. The van der Waals surface area contributed by atoms with Crippen molar-refractivity contribution in [3.63, 3.8) is 0 Å². The maximum absolute atomic E-state index is 11.9. The smallest absolute Gasteiger partial charge is 0.234 e. The van der Waals surface area contributed by atoms with Crippen LogP contribution >= 0.6 is 12.4 Å². The molecule has 2 N–H and O–H groups in total. The van der Waals surface area contributed by atoms with Crippen molar-refractivity contribution >= 4 is 18.3 Å².